The largest absolute Gasteiger partial charge is 0.466 e. The molecule has 4 saturated heterocycles. The highest BCUT2D eigenvalue weighted by molar-refractivity contribution is 5.89. The van der Waals surface area contributed by atoms with E-state index in [0.717, 1.165) is 38.2 Å². The van der Waals surface area contributed by atoms with Crippen LogP contribution in [0, 0.1) is 121 Å². The molecular formula is C82H117NO30. The van der Waals surface area contributed by atoms with Gasteiger partial charge in [-0.15, -0.1) is 0 Å². The number of carbonyl (C=O) groups is 15. The van der Waals surface area contributed by atoms with Crippen molar-refractivity contribution in [3.63, 3.8) is 0 Å². The highest BCUT2D eigenvalue weighted by atomic mass is 16.6. The fraction of sp³-hybridized carbons (Fsp3) is 0.805. The van der Waals surface area contributed by atoms with Crippen LogP contribution in [0.5, 0.6) is 0 Å². The molecular weight excluding hydrogens is 1480 g/mol. The Morgan fingerprint density at radius 3 is 1.32 bits per heavy atom. The van der Waals surface area contributed by atoms with Crippen molar-refractivity contribution in [1.29, 1.82) is 5.26 Å². The van der Waals surface area contributed by atoms with E-state index >= 15 is 0 Å². The highest BCUT2D eigenvalue weighted by Gasteiger charge is 2.73. The summed E-state index contributed by atoms with van der Waals surface area (Å²) in [5.74, 6) is -3.30. The van der Waals surface area contributed by atoms with Gasteiger partial charge < -0.3 is 71.1 Å². The number of hydrogen-bond acceptors (Lipinski definition) is 31. The van der Waals surface area contributed by atoms with Crippen LogP contribution in [0.15, 0.2) is 0 Å². The first-order chi connectivity index (χ1) is 53.0. The number of rotatable bonds is 25. The summed E-state index contributed by atoms with van der Waals surface area (Å²) < 4.78 is 76.8. The Morgan fingerprint density at radius 2 is 0.876 bits per heavy atom. The van der Waals surface area contributed by atoms with Crippen molar-refractivity contribution in [1.82, 2.24) is 0 Å². The lowest BCUT2D eigenvalue weighted by atomic mass is 9.75. The Kier molecular flexibility index (Phi) is 29.6. The van der Waals surface area contributed by atoms with Crippen molar-refractivity contribution in [2.24, 2.45) is 109 Å². The van der Waals surface area contributed by atoms with Crippen molar-refractivity contribution in [3.05, 3.63) is 0 Å². The van der Waals surface area contributed by atoms with Crippen LogP contribution in [-0.2, 0) is 143 Å². The molecule has 9 aliphatic carbocycles. The van der Waals surface area contributed by atoms with Crippen molar-refractivity contribution in [3.8, 4) is 6.07 Å². The summed E-state index contributed by atoms with van der Waals surface area (Å²) in [5, 5.41) is 9.33. The number of carbonyl (C=O) groups excluding carboxylic acids is 15. The average Bonchev–Trinajstić information content (AvgIpc) is 1.54. The van der Waals surface area contributed by atoms with E-state index in [4.69, 9.17) is 66.3 Å². The normalized spacial score (nSPS) is 32.1. The first-order valence-electron chi connectivity index (χ1n) is 40.0. The molecule has 0 N–H and O–H groups in total. The maximum absolute atomic E-state index is 12.2. The Balaban J connectivity index is 0.000000173. The first kappa shape index (κ1) is 90.2. The highest BCUT2D eigenvalue weighted by Crippen LogP contribution is 2.63. The second kappa shape index (κ2) is 37.1. The smallest absolute Gasteiger partial charge is 0.344 e. The molecule has 21 atom stereocenters. The van der Waals surface area contributed by atoms with Gasteiger partial charge in [-0.3, -0.25) is 47.9 Å². The summed E-state index contributed by atoms with van der Waals surface area (Å²) in [7, 11) is 2.81. The number of ketones is 1. The predicted molar refractivity (Wildman–Crippen MR) is 388 cm³/mol. The monoisotopic (exact) mass is 1600 g/mol. The number of nitriles is 1. The predicted octanol–water partition coefficient (Wildman–Crippen LogP) is 8.12. The van der Waals surface area contributed by atoms with Crippen LogP contribution >= 0.6 is 0 Å². The van der Waals surface area contributed by atoms with E-state index in [1.165, 1.54) is 26.4 Å². The second-order valence-electron chi connectivity index (χ2n) is 35.2. The molecule has 4 heterocycles. The molecule has 0 spiro atoms. The number of Topliss-reactive ketones (excluding diaryl/α,β-unsaturated/α-hetero) is 1. The van der Waals surface area contributed by atoms with E-state index in [1.54, 1.807) is 76.3 Å². The van der Waals surface area contributed by atoms with E-state index < -0.39 is 136 Å². The Labute approximate surface area is 660 Å². The molecule has 13 aliphatic rings. The van der Waals surface area contributed by atoms with Crippen LogP contribution in [0.2, 0.25) is 0 Å². The third-order valence-electron chi connectivity index (χ3n) is 26.4. The van der Waals surface area contributed by atoms with Crippen LogP contribution < -0.4 is 0 Å². The average molecular weight is 1600 g/mol. The molecule has 13 fully saturated rings. The molecule has 8 bridgehead atoms. The number of hydrogen-bond donors (Lipinski definition) is 0. The maximum Gasteiger partial charge on any atom is 0.344 e. The number of nitrogens with zero attached hydrogens (tertiary/aromatic N) is 1. The Bertz CT molecular complexity index is 3620. The zero-order chi connectivity index (χ0) is 83.8. The SMILES string of the molecule is CCC(C)(C)C(=O)OCC(=O)OC.CCC(C)(C)C(=O)OCC(=O)OC1C2CC(C1OC)C1C(=O)OCC21.CCC(C)(C)C(=O)OCC(=O)OC1C2CC3C(=O)OC1C3C2.CCC(C)(C)C(=O)OCC(=O)OC1C2CC3C1OC(=O)C3(C#N)C2.CCC(C)(C)C(=O)OCC(=O)OC1CCCC1=O.O=C1OCC2C3CCC(C3)C12. The molecule has 630 valence electrons. The van der Waals surface area contributed by atoms with Crippen LogP contribution in [-0.4, -0.2) is 193 Å². The minimum atomic E-state index is -1.06. The van der Waals surface area contributed by atoms with Crippen molar-refractivity contribution in [2.45, 2.75) is 249 Å². The summed E-state index contributed by atoms with van der Waals surface area (Å²) >= 11 is 0. The minimum Gasteiger partial charge on any atom is -0.466 e. The van der Waals surface area contributed by atoms with E-state index in [2.05, 4.69) is 10.8 Å². The Hall–Kier alpha value is -8.30. The fourth-order valence-electron chi connectivity index (χ4n) is 17.4. The lowest BCUT2D eigenvalue weighted by molar-refractivity contribution is -0.176. The molecule has 13 rings (SSSR count). The van der Waals surface area contributed by atoms with Gasteiger partial charge in [-0.05, 0) is 177 Å². The summed E-state index contributed by atoms with van der Waals surface area (Å²) in [4.78, 5) is 175. The van der Waals surface area contributed by atoms with Gasteiger partial charge in [-0.2, -0.15) is 5.26 Å². The summed E-state index contributed by atoms with van der Waals surface area (Å²) in [6.45, 7) is 26.2. The van der Waals surface area contributed by atoms with Crippen LogP contribution in [0.4, 0.5) is 0 Å². The molecule has 21 unspecified atom stereocenters. The molecule has 9 saturated carbocycles. The number of methoxy groups -OCH3 is 2. The van der Waals surface area contributed by atoms with Gasteiger partial charge in [-0.1, -0.05) is 34.6 Å². The van der Waals surface area contributed by atoms with E-state index in [1.807, 2.05) is 34.6 Å². The number of esters is 14. The van der Waals surface area contributed by atoms with Gasteiger partial charge in [0, 0.05) is 60.9 Å². The minimum absolute atomic E-state index is 0.00636. The van der Waals surface area contributed by atoms with Crippen molar-refractivity contribution < 1.29 is 143 Å². The molecule has 31 heteroatoms. The molecule has 31 nitrogen and oxygen atoms in total. The number of cyclic esters (lactones) is 2. The van der Waals surface area contributed by atoms with Gasteiger partial charge in [0.2, 0.25) is 0 Å². The van der Waals surface area contributed by atoms with Gasteiger partial charge in [0.1, 0.15) is 30.5 Å². The van der Waals surface area contributed by atoms with Crippen molar-refractivity contribution >= 4 is 89.4 Å². The van der Waals surface area contributed by atoms with Gasteiger partial charge in [0.15, 0.2) is 50.3 Å². The van der Waals surface area contributed by atoms with Gasteiger partial charge in [-0.25, -0.2) is 24.0 Å². The molecule has 4 aliphatic heterocycles. The molecule has 0 radical (unpaired) electrons. The lowest BCUT2D eigenvalue weighted by Crippen LogP contribution is -2.46. The standard InChI is InChI=1S/C18H26O7.C17H21NO6.C16H22O6.C13H20O5.C9H16O4.C9H12O2/c1-5-18(2,3)17(21)24-8-12(19)25-15-9-6-10(14(15)22-4)13-11(9)7-23-16(13)20;1-4-16(2,3)14(20)22-7-11(19)23-12-9-5-10-13(12)24-15(21)17(10,6-9)8-18;1-4-16(2,3)15(19)20-7-11(17)21-12-8-5-9-10(6-8)14(18)22-13(9)12;1-4-13(2,3)12(16)17-8-11(15)18-10-7-5-6-9(10)14;1-5-9(2,3)8(11)13-6-7(10)12-4;10-9-8-6-2-1-5(3-6)7(8)4-11-9/h9-11,13-15H,5-8H2,1-4H3;9-10,12-13H,4-7H2,1-3H3;8-10,12-13H,4-7H2,1-3H3;10H,4-8H2,1-3H3;5-6H2,1-4H3;5-8H,1-4H2. The third kappa shape index (κ3) is 20.2. The van der Waals surface area contributed by atoms with Crippen LogP contribution in [0.1, 0.15) is 207 Å². The topological polar surface area (TPSA) is 418 Å². The maximum atomic E-state index is 12.2. The Morgan fingerprint density at radius 1 is 0.434 bits per heavy atom. The quantitative estimate of drug-likeness (QED) is 0.0614. The van der Waals surface area contributed by atoms with Gasteiger partial charge in [0.25, 0.3) is 0 Å². The zero-order valence-electron chi connectivity index (χ0n) is 68.5. The zero-order valence-corrected chi connectivity index (χ0v) is 68.5. The second-order valence-corrected chi connectivity index (χ2v) is 35.2. The van der Waals surface area contributed by atoms with Crippen LogP contribution in [0.3, 0.4) is 0 Å². The lowest BCUT2D eigenvalue weighted by Gasteiger charge is -2.34. The van der Waals surface area contributed by atoms with Gasteiger partial charge >= 0.3 is 83.6 Å². The van der Waals surface area contributed by atoms with E-state index in [-0.39, 0.29) is 114 Å². The molecule has 113 heavy (non-hydrogen) atoms. The molecule has 0 aromatic carbocycles. The summed E-state index contributed by atoms with van der Waals surface area (Å²) in [6, 6.07) is 2.10. The molecule has 0 aromatic rings. The molecule has 0 aromatic heterocycles. The van der Waals surface area contributed by atoms with E-state index in [0.29, 0.717) is 82.1 Å². The number of ether oxygens (including phenoxy) is 15. The van der Waals surface area contributed by atoms with Crippen molar-refractivity contribution in [2.75, 3.05) is 60.5 Å². The number of fused-ring (bicyclic) bond motifs is 12. The third-order valence-corrected chi connectivity index (χ3v) is 26.4. The summed E-state index contributed by atoms with van der Waals surface area (Å²) in [5.41, 5.74) is -4.09. The van der Waals surface area contributed by atoms with E-state index in [9.17, 15) is 77.2 Å². The van der Waals surface area contributed by atoms with Gasteiger partial charge in [0.05, 0.1) is 77.3 Å². The summed E-state index contributed by atoms with van der Waals surface area (Å²) in [6.07, 6.45) is 9.12. The fourth-order valence-corrected chi connectivity index (χ4v) is 17.4. The first-order valence-corrected chi connectivity index (χ1v) is 40.0. The van der Waals surface area contributed by atoms with Crippen LogP contribution in [0.25, 0.3) is 0 Å². The molecule has 0 amide bonds.